The SMILES string of the molecule is PCc1cccc(-c2ccc(CP)c3c2CCC3CP)c1. The smallest absolute Gasteiger partial charge is 0.0118 e. The molecular weight excluding hydrogens is 309 g/mol. The third-order valence-electron chi connectivity index (χ3n) is 4.58. The molecule has 0 spiro atoms. The van der Waals surface area contributed by atoms with E-state index in [1.54, 1.807) is 11.1 Å². The first kappa shape index (κ1) is 15.6. The fraction of sp³-hybridized carbons (Fsp3) is 0.333. The van der Waals surface area contributed by atoms with E-state index in [2.05, 4.69) is 64.1 Å². The molecular formula is C18H23P3. The molecule has 1 aliphatic rings. The Hall–Kier alpha value is -0.270. The van der Waals surface area contributed by atoms with Crippen molar-refractivity contribution in [1.29, 1.82) is 0 Å². The molecule has 4 atom stereocenters. The Bertz CT molecular complexity index is 649. The minimum absolute atomic E-state index is 0.727. The molecule has 0 amide bonds. The second-order valence-corrected chi connectivity index (χ2v) is 7.03. The summed E-state index contributed by atoms with van der Waals surface area (Å²) in [4.78, 5) is 0. The van der Waals surface area contributed by atoms with Gasteiger partial charge >= 0.3 is 0 Å². The van der Waals surface area contributed by atoms with E-state index in [1.165, 1.54) is 41.3 Å². The molecule has 110 valence electrons. The first-order valence-electron chi connectivity index (χ1n) is 7.62. The molecule has 21 heavy (non-hydrogen) atoms. The Morgan fingerprint density at radius 2 is 1.86 bits per heavy atom. The zero-order valence-electron chi connectivity index (χ0n) is 12.3. The van der Waals surface area contributed by atoms with Crippen LogP contribution in [-0.2, 0) is 18.7 Å². The van der Waals surface area contributed by atoms with Crippen molar-refractivity contribution >= 4 is 27.7 Å². The molecule has 0 radical (unpaired) electrons. The normalized spacial score (nSPS) is 17.0. The van der Waals surface area contributed by atoms with Crippen molar-refractivity contribution in [3.05, 3.63) is 58.7 Å². The summed E-state index contributed by atoms with van der Waals surface area (Å²) in [6.07, 6.45) is 5.80. The van der Waals surface area contributed by atoms with Gasteiger partial charge in [0.25, 0.3) is 0 Å². The van der Waals surface area contributed by atoms with Crippen molar-refractivity contribution in [2.75, 3.05) is 6.16 Å². The van der Waals surface area contributed by atoms with Crippen molar-refractivity contribution in [2.24, 2.45) is 0 Å². The summed E-state index contributed by atoms with van der Waals surface area (Å²) in [5.74, 6) is 0.727. The molecule has 0 aromatic heterocycles. The number of rotatable bonds is 4. The molecule has 1 aliphatic carbocycles. The molecule has 0 heterocycles. The summed E-state index contributed by atoms with van der Waals surface area (Å²) in [5, 5.41) is 0. The monoisotopic (exact) mass is 332 g/mol. The molecule has 3 rings (SSSR count). The van der Waals surface area contributed by atoms with Crippen LogP contribution in [0.1, 0.15) is 34.6 Å². The third kappa shape index (κ3) is 2.97. The average molecular weight is 332 g/mol. The molecule has 0 fully saturated rings. The maximum absolute atomic E-state index is 2.94. The largest absolute Gasteiger partial charge is 0.137 e. The van der Waals surface area contributed by atoms with Crippen molar-refractivity contribution in [3.8, 4) is 11.1 Å². The van der Waals surface area contributed by atoms with Crippen LogP contribution in [-0.4, -0.2) is 6.16 Å². The summed E-state index contributed by atoms with van der Waals surface area (Å²) in [6.45, 7) is 0. The van der Waals surface area contributed by atoms with Crippen LogP contribution in [0.5, 0.6) is 0 Å². The van der Waals surface area contributed by atoms with Crippen LogP contribution in [0.2, 0.25) is 0 Å². The van der Waals surface area contributed by atoms with Gasteiger partial charge < -0.3 is 0 Å². The molecule has 0 bridgehead atoms. The number of hydrogen-bond donors (Lipinski definition) is 0. The summed E-state index contributed by atoms with van der Waals surface area (Å²) >= 11 is 0. The molecule has 2 aromatic rings. The van der Waals surface area contributed by atoms with Crippen molar-refractivity contribution in [2.45, 2.75) is 31.1 Å². The Balaban J connectivity index is 2.14. The Kier molecular flexibility index (Phi) is 5.11. The quantitative estimate of drug-likeness (QED) is 0.691. The van der Waals surface area contributed by atoms with Gasteiger partial charge in [-0.2, -0.15) is 0 Å². The van der Waals surface area contributed by atoms with E-state index in [1.807, 2.05) is 0 Å². The van der Waals surface area contributed by atoms with Crippen molar-refractivity contribution in [1.82, 2.24) is 0 Å². The van der Waals surface area contributed by atoms with Gasteiger partial charge in [-0.15, -0.1) is 27.7 Å². The molecule has 0 aliphatic heterocycles. The van der Waals surface area contributed by atoms with Crippen LogP contribution in [0.15, 0.2) is 36.4 Å². The molecule has 0 saturated heterocycles. The number of fused-ring (bicyclic) bond motifs is 1. The first-order chi connectivity index (χ1) is 10.3. The van der Waals surface area contributed by atoms with Crippen LogP contribution in [0.3, 0.4) is 0 Å². The highest BCUT2D eigenvalue weighted by molar-refractivity contribution is 7.16. The second kappa shape index (κ2) is 6.87. The Labute approximate surface area is 135 Å². The minimum Gasteiger partial charge on any atom is -0.137 e. The van der Waals surface area contributed by atoms with E-state index >= 15 is 0 Å². The number of hydrogen-bond acceptors (Lipinski definition) is 0. The van der Waals surface area contributed by atoms with E-state index in [-0.39, 0.29) is 0 Å². The van der Waals surface area contributed by atoms with Crippen LogP contribution in [0.25, 0.3) is 11.1 Å². The lowest BCUT2D eigenvalue weighted by Crippen LogP contribution is -2.00. The van der Waals surface area contributed by atoms with Gasteiger partial charge in [0.15, 0.2) is 0 Å². The van der Waals surface area contributed by atoms with Crippen LogP contribution < -0.4 is 0 Å². The summed E-state index contributed by atoms with van der Waals surface area (Å²) in [5.41, 5.74) is 8.98. The van der Waals surface area contributed by atoms with E-state index in [0.717, 1.165) is 18.2 Å². The van der Waals surface area contributed by atoms with Gasteiger partial charge in [0, 0.05) is 0 Å². The van der Waals surface area contributed by atoms with Crippen LogP contribution >= 0.6 is 27.7 Å². The zero-order valence-corrected chi connectivity index (χ0v) is 15.8. The van der Waals surface area contributed by atoms with E-state index in [9.17, 15) is 0 Å². The highest BCUT2D eigenvalue weighted by Crippen LogP contribution is 2.42. The Morgan fingerprint density at radius 3 is 2.57 bits per heavy atom. The van der Waals surface area contributed by atoms with Crippen LogP contribution in [0.4, 0.5) is 0 Å². The van der Waals surface area contributed by atoms with Crippen molar-refractivity contribution in [3.63, 3.8) is 0 Å². The van der Waals surface area contributed by atoms with E-state index in [0.29, 0.717) is 0 Å². The predicted molar refractivity (Wildman–Crippen MR) is 104 cm³/mol. The lowest BCUT2D eigenvalue weighted by atomic mass is 9.91. The third-order valence-corrected chi connectivity index (χ3v) is 6.06. The first-order valence-corrected chi connectivity index (χ1v) is 10.1. The molecule has 4 unspecified atom stereocenters. The van der Waals surface area contributed by atoms with Crippen LogP contribution in [0, 0.1) is 0 Å². The summed E-state index contributed by atoms with van der Waals surface area (Å²) < 4.78 is 0. The maximum Gasteiger partial charge on any atom is -0.0118 e. The van der Waals surface area contributed by atoms with Gasteiger partial charge in [-0.1, -0.05) is 36.4 Å². The van der Waals surface area contributed by atoms with E-state index < -0.39 is 0 Å². The fourth-order valence-electron chi connectivity index (χ4n) is 3.50. The van der Waals surface area contributed by atoms with Gasteiger partial charge in [-0.05, 0) is 70.6 Å². The van der Waals surface area contributed by atoms with Gasteiger partial charge in [0.05, 0.1) is 0 Å². The van der Waals surface area contributed by atoms with Gasteiger partial charge in [0.2, 0.25) is 0 Å². The zero-order chi connectivity index (χ0) is 14.8. The molecule has 2 aromatic carbocycles. The van der Waals surface area contributed by atoms with Gasteiger partial charge in [-0.25, -0.2) is 0 Å². The highest BCUT2D eigenvalue weighted by atomic mass is 31.0. The maximum atomic E-state index is 2.94. The molecule has 0 N–H and O–H groups in total. The molecule has 0 nitrogen and oxygen atoms in total. The summed E-state index contributed by atoms with van der Waals surface area (Å²) in [7, 11) is 8.65. The molecule has 3 heteroatoms. The summed E-state index contributed by atoms with van der Waals surface area (Å²) in [6, 6.07) is 13.7. The lowest BCUT2D eigenvalue weighted by molar-refractivity contribution is 0.754. The van der Waals surface area contributed by atoms with Gasteiger partial charge in [-0.3, -0.25) is 0 Å². The topological polar surface area (TPSA) is 0 Å². The standard InChI is InChI=1S/C18H23P3/c19-9-12-2-1-3-13(8-12)16-6-4-14(10-20)18-15(11-21)5-7-17(16)18/h1-4,6,8,15H,5,7,9-11,19-21H2. The predicted octanol–water partition coefficient (Wildman–Crippen LogP) is 5.01. The minimum atomic E-state index is 0.727. The van der Waals surface area contributed by atoms with E-state index in [4.69, 9.17) is 0 Å². The van der Waals surface area contributed by atoms with Gasteiger partial charge in [0.1, 0.15) is 0 Å². The van der Waals surface area contributed by atoms with Crippen molar-refractivity contribution < 1.29 is 0 Å². The fourth-order valence-corrected chi connectivity index (χ4v) is 4.59. The lowest BCUT2D eigenvalue weighted by Gasteiger charge is -2.16. The average Bonchev–Trinajstić information content (AvgIpc) is 2.98. The second-order valence-electron chi connectivity index (χ2n) is 5.74. The highest BCUT2D eigenvalue weighted by Gasteiger charge is 2.26. The number of benzene rings is 2. The Morgan fingerprint density at radius 1 is 1.00 bits per heavy atom. The molecule has 0 saturated carbocycles.